The predicted octanol–water partition coefficient (Wildman–Crippen LogP) is 0.911. The highest BCUT2D eigenvalue weighted by Gasteiger charge is 2.18. The van der Waals surface area contributed by atoms with Gasteiger partial charge in [-0.25, -0.2) is 0 Å². The highest BCUT2D eigenvalue weighted by molar-refractivity contribution is 5.92. The van der Waals surface area contributed by atoms with Gasteiger partial charge >= 0.3 is 0 Å². The fourth-order valence-corrected chi connectivity index (χ4v) is 1.65. The van der Waals surface area contributed by atoms with Crippen molar-refractivity contribution < 1.29 is 9.32 Å². The van der Waals surface area contributed by atoms with Crippen molar-refractivity contribution >= 4 is 5.91 Å². The number of carbonyl (C=O) groups excluding carboxylic acids is 1. The zero-order chi connectivity index (χ0) is 13.3. The summed E-state index contributed by atoms with van der Waals surface area (Å²) in [6.07, 6.45) is 0. The van der Waals surface area contributed by atoms with Gasteiger partial charge < -0.3 is 9.84 Å². The molecule has 0 saturated carbocycles. The van der Waals surface area contributed by atoms with E-state index in [1.807, 2.05) is 6.92 Å². The lowest BCUT2D eigenvalue weighted by molar-refractivity contribution is 0.0928. The number of hydrogen-bond donors (Lipinski definition) is 1. The first kappa shape index (κ1) is 12.3. The maximum atomic E-state index is 12.0. The maximum absolute atomic E-state index is 12.0. The van der Waals surface area contributed by atoms with Crippen LogP contribution in [0, 0.1) is 13.8 Å². The highest BCUT2D eigenvalue weighted by atomic mass is 16.5. The standard InChI is InChI=1S/C11H15N5O2/c1-6-5-9(16(4)14-6)11(17)12-7(2)10-13-8(3)18-15-10/h5,7H,1-4H3,(H,12,17)/t7-/m1/s1. The van der Waals surface area contributed by atoms with E-state index in [0.29, 0.717) is 17.4 Å². The van der Waals surface area contributed by atoms with Crippen LogP contribution in [-0.4, -0.2) is 25.8 Å². The summed E-state index contributed by atoms with van der Waals surface area (Å²) < 4.78 is 6.41. The zero-order valence-corrected chi connectivity index (χ0v) is 10.8. The molecule has 2 aromatic rings. The Morgan fingerprint density at radius 1 is 1.50 bits per heavy atom. The second-order valence-corrected chi connectivity index (χ2v) is 4.16. The summed E-state index contributed by atoms with van der Waals surface area (Å²) in [5.41, 5.74) is 1.30. The van der Waals surface area contributed by atoms with Crippen LogP contribution in [0.25, 0.3) is 0 Å². The molecule has 0 radical (unpaired) electrons. The Hall–Kier alpha value is -2.18. The molecule has 2 aromatic heterocycles. The quantitative estimate of drug-likeness (QED) is 0.873. The van der Waals surface area contributed by atoms with Gasteiger partial charge in [-0.1, -0.05) is 5.16 Å². The van der Waals surface area contributed by atoms with Crippen molar-refractivity contribution in [2.24, 2.45) is 7.05 Å². The highest BCUT2D eigenvalue weighted by Crippen LogP contribution is 2.09. The van der Waals surface area contributed by atoms with Gasteiger partial charge in [0.2, 0.25) is 5.89 Å². The van der Waals surface area contributed by atoms with Crippen LogP contribution >= 0.6 is 0 Å². The first-order chi connectivity index (χ1) is 8.47. The van der Waals surface area contributed by atoms with E-state index in [4.69, 9.17) is 4.52 Å². The Balaban J connectivity index is 2.10. The molecule has 0 aliphatic carbocycles. The molecule has 96 valence electrons. The van der Waals surface area contributed by atoms with Gasteiger partial charge in [-0.2, -0.15) is 10.1 Å². The van der Waals surface area contributed by atoms with Crippen LogP contribution in [0.5, 0.6) is 0 Å². The van der Waals surface area contributed by atoms with E-state index in [1.54, 1.807) is 31.6 Å². The van der Waals surface area contributed by atoms with Gasteiger partial charge in [0, 0.05) is 14.0 Å². The molecule has 1 amide bonds. The number of aryl methyl sites for hydroxylation is 3. The van der Waals surface area contributed by atoms with Crippen LogP contribution in [-0.2, 0) is 7.05 Å². The number of hydrogen-bond acceptors (Lipinski definition) is 5. The molecular formula is C11H15N5O2. The van der Waals surface area contributed by atoms with Crippen LogP contribution in [0.4, 0.5) is 0 Å². The molecule has 0 saturated heterocycles. The van der Waals surface area contributed by atoms with Crippen molar-refractivity contribution in [2.75, 3.05) is 0 Å². The zero-order valence-electron chi connectivity index (χ0n) is 10.8. The van der Waals surface area contributed by atoms with Crippen molar-refractivity contribution in [3.63, 3.8) is 0 Å². The van der Waals surface area contributed by atoms with Crippen LogP contribution < -0.4 is 5.32 Å². The normalized spacial score (nSPS) is 12.4. The third-order valence-corrected chi connectivity index (χ3v) is 2.51. The monoisotopic (exact) mass is 249 g/mol. The second-order valence-electron chi connectivity index (χ2n) is 4.16. The van der Waals surface area contributed by atoms with E-state index in [9.17, 15) is 4.79 Å². The smallest absolute Gasteiger partial charge is 0.270 e. The molecule has 0 aliphatic rings. The number of amides is 1. The summed E-state index contributed by atoms with van der Waals surface area (Å²) >= 11 is 0. The fraction of sp³-hybridized carbons (Fsp3) is 0.455. The van der Waals surface area contributed by atoms with Gasteiger partial charge in [0.25, 0.3) is 5.91 Å². The minimum atomic E-state index is -0.315. The Morgan fingerprint density at radius 3 is 2.72 bits per heavy atom. The molecule has 7 nitrogen and oxygen atoms in total. The molecular weight excluding hydrogens is 234 g/mol. The largest absolute Gasteiger partial charge is 0.341 e. The second kappa shape index (κ2) is 4.59. The molecule has 18 heavy (non-hydrogen) atoms. The number of nitrogens with one attached hydrogen (secondary N) is 1. The number of carbonyl (C=O) groups is 1. The molecule has 0 unspecified atom stereocenters. The molecule has 2 heterocycles. The van der Waals surface area contributed by atoms with E-state index in [2.05, 4.69) is 20.6 Å². The number of rotatable bonds is 3. The van der Waals surface area contributed by atoms with Crippen molar-refractivity contribution in [3.05, 3.63) is 29.2 Å². The fourth-order valence-electron chi connectivity index (χ4n) is 1.65. The van der Waals surface area contributed by atoms with Gasteiger partial charge in [0.15, 0.2) is 5.82 Å². The van der Waals surface area contributed by atoms with Gasteiger partial charge in [0.05, 0.1) is 11.7 Å². The summed E-state index contributed by atoms with van der Waals surface area (Å²) in [7, 11) is 1.73. The minimum absolute atomic E-state index is 0.215. The van der Waals surface area contributed by atoms with Crippen LogP contribution in [0.1, 0.15) is 40.9 Å². The topological polar surface area (TPSA) is 85.8 Å². The van der Waals surface area contributed by atoms with Gasteiger partial charge in [-0.3, -0.25) is 9.48 Å². The lowest BCUT2D eigenvalue weighted by atomic mass is 10.3. The van der Waals surface area contributed by atoms with Crippen LogP contribution in [0.3, 0.4) is 0 Å². The Kier molecular flexibility index (Phi) is 3.14. The lowest BCUT2D eigenvalue weighted by Crippen LogP contribution is -2.29. The summed E-state index contributed by atoms with van der Waals surface area (Å²) in [6.45, 7) is 5.34. The molecule has 1 atom stereocenters. The number of nitrogens with zero attached hydrogens (tertiary/aromatic N) is 4. The van der Waals surface area contributed by atoms with Crippen LogP contribution in [0.2, 0.25) is 0 Å². The molecule has 1 N–H and O–H groups in total. The minimum Gasteiger partial charge on any atom is -0.341 e. The average Bonchev–Trinajstić information content (AvgIpc) is 2.84. The van der Waals surface area contributed by atoms with Gasteiger partial charge in [-0.05, 0) is 19.9 Å². The lowest BCUT2D eigenvalue weighted by Gasteiger charge is -2.09. The van der Waals surface area contributed by atoms with E-state index in [1.165, 1.54) is 0 Å². The van der Waals surface area contributed by atoms with E-state index in [-0.39, 0.29) is 11.9 Å². The van der Waals surface area contributed by atoms with E-state index < -0.39 is 0 Å². The predicted molar refractivity (Wildman–Crippen MR) is 62.9 cm³/mol. The third-order valence-electron chi connectivity index (χ3n) is 2.51. The molecule has 0 spiro atoms. The Bertz CT molecular complexity index is 572. The third kappa shape index (κ3) is 2.39. The van der Waals surface area contributed by atoms with Crippen molar-refractivity contribution in [1.82, 2.24) is 25.2 Å². The SMILES string of the molecule is Cc1cc(C(=O)N[C@H](C)c2noc(C)n2)n(C)n1. The Labute approximate surface area is 104 Å². The summed E-state index contributed by atoms with van der Waals surface area (Å²) in [5, 5.41) is 10.7. The molecule has 7 heteroatoms. The van der Waals surface area contributed by atoms with Crippen LogP contribution in [0.15, 0.2) is 10.6 Å². The first-order valence-electron chi connectivity index (χ1n) is 5.59. The summed E-state index contributed by atoms with van der Waals surface area (Å²) in [4.78, 5) is 16.1. The molecule has 0 bridgehead atoms. The molecule has 2 rings (SSSR count). The number of aromatic nitrogens is 4. The van der Waals surface area contributed by atoms with Crippen molar-refractivity contribution in [3.8, 4) is 0 Å². The maximum Gasteiger partial charge on any atom is 0.270 e. The molecule has 0 aliphatic heterocycles. The average molecular weight is 249 g/mol. The van der Waals surface area contributed by atoms with E-state index in [0.717, 1.165) is 5.69 Å². The summed E-state index contributed by atoms with van der Waals surface area (Å²) in [6, 6.07) is 1.41. The van der Waals surface area contributed by atoms with E-state index >= 15 is 0 Å². The Morgan fingerprint density at radius 2 is 2.22 bits per heavy atom. The van der Waals surface area contributed by atoms with Crippen molar-refractivity contribution in [2.45, 2.75) is 26.8 Å². The molecule has 0 aromatic carbocycles. The van der Waals surface area contributed by atoms with Crippen molar-refractivity contribution in [1.29, 1.82) is 0 Å². The summed E-state index contributed by atoms with van der Waals surface area (Å²) in [5.74, 6) is 0.718. The van der Waals surface area contributed by atoms with Gasteiger partial charge in [-0.15, -0.1) is 0 Å². The first-order valence-corrected chi connectivity index (χ1v) is 5.59. The molecule has 0 fully saturated rings. The van der Waals surface area contributed by atoms with Gasteiger partial charge in [0.1, 0.15) is 5.69 Å².